The summed E-state index contributed by atoms with van der Waals surface area (Å²) < 4.78 is 2.24. The molecule has 4 rings (SSSR count). The van der Waals surface area contributed by atoms with Crippen LogP contribution in [0.4, 0.5) is 5.69 Å². The Kier molecular flexibility index (Phi) is 9.49. The average molecular weight is 531 g/mol. The van der Waals surface area contributed by atoms with Crippen molar-refractivity contribution in [2.45, 2.75) is 85.7 Å². The predicted octanol–water partition coefficient (Wildman–Crippen LogP) is 6.30. The molecule has 2 aromatic carbocycles. The second-order valence-electron chi connectivity index (χ2n) is 11.5. The number of benzene rings is 2. The van der Waals surface area contributed by atoms with E-state index in [1.54, 1.807) is 6.92 Å². The van der Waals surface area contributed by atoms with E-state index in [4.69, 9.17) is 0 Å². The van der Waals surface area contributed by atoms with Crippen LogP contribution < -0.4 is 10.2 Å². The summed E-state index contributed by atoms with van der Waals surface area (Å²) >= 11 is 0. The van der Waals surface area contributed by atoms with Crippen LogP contribution >= 0.6 is 0 Å². The molecule has 1 aromatic heterocycles. The molecule has 0 radical (unpaired) electrons. The third kappa shape index (κ3) is 6.73. The van der Waals surface area contributed by atoms with Gasteiger partial charge in [-0.05, 0) is 94.5 Å². The zero-order chi connectivity index (χ0) is 28.1. The lowest BCUT2D eigenvalue weighted by atomic mass is 10.0. The van der Waals surface area contributed by atoms with Crippen molar-refractivity contribution in [1.82, 2.24) is 14.8 Å². The Bertz CT molecular complexity index is 1320. The Balaban J connectivity index is 1.55. The maximum atomic E-state index is 13.3. The molecule has 0 spiro atoms. The zero-order valence-corrected chi connectivity index (χ0v) is 24.8. The first kappa shape index (κ1) is 28.9. The highest BCUT2D eigenvalue weighted by atomic mass is 16.2. The van der Waals surface area contributed by atoms with E-state index in [2.05, 4.69) is 67.7 Å². The lowest BCUT2D eigenvalue weighted by molar-refractivity contribution is -0.116. The van der Waals surface area contributed by atoms with Crippen molar-refractivity contribution in [3.63, 3.8) is 0 Å². The number of rotatable bonds is 5. The van der Waals surface area contributed by atoms with Gasteiger partial charge in [0.25, 0.3) is 5.91 Å². The lowest BCUT2D eigenvalue weighted by Gasteiger charge is -2.31. The highest BCUT2D eigenvalue weighted by Gasteiger charge is 2.21. The fourth-order valence-corrected chi connectivity index (χ4v) is 5.89. The van der Waals surface area contributed by atoms with Gasteiger partial charge in [0.1, 0.15) is 0 Å². The van der Waals surface area contributed by atoms with E-state index in [9.17, 15) is 9.59 Å². The lowest BCUT2D eigenvalue weighted by Crippen LogP contribution is -2.35. The van der Waals surface area contributed by atoms with E-state index < -0.39 is 0 Å². The zero-order valence-electron chi connectivity index (χ0n) is 24.8. The minimum atomic E-state index is -0.0666. The molecule has 1 aliphatic heterocycles. The van der Waals surface area contributed by atoms with Crippen molar-refractivity contribution >= 4 is 28.4 Å². The van der Waals surface area contributed by atoms with Gasteiger partial charge in [0, 0.05) is 67.5 Å². The number of hydrogen-bond donors (Lipinski definition) is 1. The molecular formula is C33H46N4O2. The number of anilines is 1. The molecule has 6 nitrogen and oxygen atoms in total. The van der Waals surface area contributed by atoms with E-state index in [-0.39, 0.29) is 11.8 Å². The largest absolute Gasteiger partial charge is 0.352 e. The van der Waals surface area contributed by atoms with Crippen LogP contribution in [0.5, 0.6) is 0 Å². The molecular weight excluding hydrogens is 484 g/mol. The van der Waals surface area contributed by atoms with E-state index >= 15 is 0 Å². The van der Waals surface area contributed by atoms with Crippen LogP contribution in [-0.4, -0.2) is 47.0 Å². The van der Waals surface area contributed by atoms with Crippen molar-refractivity contribution in [2.24, 2.45) is 7.05 Å². The number of carbonyl (C=O) groups excluding carboxylic acids is 2. The van der Waals surface area contributed by atoms with E-state index in [1.165, 1.54) is 47.0 Å². The molecule has 0 fully saturated rings. The number of nitrogens with one attached hydrogen (secondary N) is 1. The standard InChI is InChI=1S/C33H46N4O2/c1-23(2)36-18-10-8-7-9-11-19-37(26(5)38)31-15-13-27(21-28(31)22-36)33(39)34-17-16-29-25(4)35(6)32-20-24(3)12-14-30(29)32/h12-15,20-21,23H,7-11,16-19,22H2,1-6H3,(H,34,39). The molecule has 0 atom stereocenters. The first-order chi connectivity index (χ1) is 18.7. The summed E-state index contributed by atoms with van der Waals surface area (Å²) in [5.41, 5.74) is 7.65. The third-order valence-corrected chi connectivity index (χ3v) is 8.38. The number of amides is 2. The summed E-state index contributed by atoms with van der Waals surface area (Å²) in [7, 11) is 2.11. The highest BCUT2D eigenvalue weighted by molar-refractivity contribution is 5.97. The second kappa shape index (κ2) is 12.8. The molecule has 0 saturated heterocycles. The normalized spacial score (nSPS) is 15.6. The van der Waals surface area contributed by atoms with Gasteiger partial charge in [0.15, 0.2) is 0 Å². The van der Waals surface area contributed by atoms with Crippen molar-refractivity contribution in [3.05, 3.63) is 64.3 Å². The summed E-state index contributed by atoms with van der Waals surface area (Å²) in [6.07, 6.45) is 6.52. The Morgan fingerprint density at radius 1 is 0.949 bits per heavy atom. The number of nitrogens with zero attached hydrogens (tertiary/aromatic N) is 3. The fourth-order valence-electron chi connectivity index (χ4n) is 5.89. The van der Waals surface area contributed by atoms with Crippen LogP contribution in [0.2, 0.25) is 0 Å². The monoisotopic (exact) mass is 530 g/mol. The number of carbonyl (C=O) groups is 2. The molecule has 6 heteroatoms. The minimum absolute atomic E-state index is 0.0576. The van der Waals surface area contributed by atoms with E-state index in [0.29, 0.717) is 18.2 Å². The quantitative estimate of drug-likeness (QED) is 0.421. The first-order valence-electron chi connectivity index (χ1n) is 14.6. The van der Waals surface area contributed by atoms with Crippen LogP contribution in [-0.2, 0) is 24.8 Å². The van der Waals surface area contributed by atoms with Gasteiger partial charge >= 0.3 is 0 Å². The van der Waals surface area contributed by atoms with Crippen molar-refractivity contribution in [2.75, 3.05) is 24.5 Å². The summed E-state index contributed by atoms with van der Waals surface area (Å²) in [4.78, 5) is 30.3. The summed E-state index contributed by atoms with van der Waals surface area (Å²) in [6.45, 7) is 13.4. The van der Waals surface area contributed by atoms with E-state index in [0.717, 1.165) is 50.1 Å². The Labute approximate surface area is 234 Å². The molecule has 2 amide bonds. The second-order valence-corrected chi connectivity index (χ2v) is 11.5. The SMILES string of the molecule is CC(=O)N1CCCCCCCN(C(C)C)Cc2cc(C(=O)NCCc3c(C)n(C)c4cc(C)ccc34)ccc21. The molecule has 39 heavy (non-hydrogen) atoms. The first-order valence-corrected chi connectivity index (χ1v) is 14.6. The van der Waals surface area contributed by atoms with Gasteiger partial charge in [-0.25, -0.2) is 0 Å². The summed E-state index contributed by atoms with van der Waals surface area (Å²) in [5, 5.41) is 4.42. The molecule has 1 N–H and O–H groups in total. The minimum Gasteiger partial charge on any atom is -0.352 e. The van der Waals surface area contributed by atoms with Crippen molar-refractivity contribution in [1.29, 1.82) is 0 Å². The number of hydrogen-bond acceptors (Lipinski definition) is 3. The van der Waals surface area contributed by atoms with Gasteiger partial charge in [0.2, 0.25) is 5.91 Å². The third-order valence-electron chi connectivity index (χ3n) is 8.38. The van der Waals surface area contributed by atoms with Crippen LogP contribution in [0.3, 0.4) is 0 Å². The highest BCUT2D eigenvalue weighted by Crippen LogP contribution is 2.28. The summed E-state index contributed by atoms with van der Waals surface area (Å²) in [5.74, 6) is -0.00891. The van der Waals surface area contributed by atoms with Crippen molar-refractivity contribution < 1.29 is 9.59 Å². The van der Waals surface area contributed by atoms with Gasteiger partial charge < -0.3 is 14.8 Å². The number of aryl methyl sites for hydroxylation is 2. The molecule has 2 heterocycles. The molecule has 1 aliphatic rings. The Morgan fingerprint density at radius 2 is 1.67 bits per heavy atom. The van der Waals surface area contributed by atoms with E-state index in [1.807, 2.05) is 23.1 Å². The smallest absolute Gasteiger partial charge is 0.251 e. The van der Waals surface area contributed by atoms with Crippen LogP contribution in [0.25, 0.3) is 10.9 Å². The molecule has 3 aromatic rings. The van der Waals surface area contributed by atoms with Gasteiger partial charge in [-0.1, -0.05) is 31.4 Å². The van der Waals surface area contributed by atoms with Crippen LogP contribution in [0.15, 0.2) is 36.4 Å². The number of fused-ring (bicyclic) bond motifs is 2. The molecule has 0 bridgehead atoms. The maximum Gasteiger partial charge on any atom is 0.251 e. The predicted molar refractivity (Wildman–Crippen MR) is 162 cm³/mol. The van der Waals surface area contributed by atoms with Crippen LogP contribution in [0.1, 0.15) is 85.6 Å². The van der Waals surface area contributed by atoms with Crippen LogP contribution in [0, 0.1) is 13.8 Å². The molecule has 0 saturated carbocycles. The molecule has 0 unspecified atom stereocenters. The average Bonchev–Trinajstić information content (AvgIpc) is 3.12. The van der Waals surface area contributed by atoms with Gasteiger partial charge in [-0.2, -0.15) is 0 Å². The Hall–Kier alpha value is -3.12. The molecule has 210 valence electrons. The summed E-state index contributed by atoms with van der Waals surface area (Å²) in [6, 6.07) is 12.8. The molecule has 0 aliphatic carbocycles. The van der Waals surface area contributed by atoms with Crippen molar-refractivity contribution in [3.8, 4) is 0 Å². The number of aromatic nitrogens is 1. The van der Waals surface area contributed by atoms with Gasteiger partial charge in [-0.3, -0.25) is 14.5 Å². The fraction of sp³-hybridized carbons (Fsp3) is 0.515. The Morgan fingerprint density at radius 3 is 2.38 bits per heavy atom. The van der Waals surface area contributed by atoms with Gasteiger partial charge in [0.05, 0.1) is 0 Å². The van der Waals surface area contributed by atoms with Gasteiger partial charge in [-0.15, -0.1) is 0 Å². The maximum absolute atomic E-state index is 13.3. The topological polar surface area (TPSA) is 57.6 Å².